The molecule has 0 atom stereocenters. The zero-order chi connectivity index (χ0) is 13.1. The third kappa shape index (κ3) is 2.54. The summed E-state index contributed by atoms with van der Waals surface area (Å²) in [4.78, 5) is 3.33. The molecule has 0 aliphatic rings. The summed E-state index contributed by atoms with van der Waals surface area (Å²) in [6.45, 7) is 0.924. The van der Waals surface area contributed by atoms with Gasteiger partial charge in [0.2, 0.25) is 0 Å². The predicted octanol–water partition coefficient (Wildman–Crippen LogP) is 3.48. The predicted molar refractivity (Wildman–Crippen MR) is 80.3 cm³/mol. The van der Waals surface area contributed by atoms with Crippen molar-refractivity contribution in [3.05, 3.63) is 71.4 Å². The SMILES string of the molecule is CNCc1ccc(Cc2c[nH]c3ccccc23)cc1. The van der Waals surface area contributed by atoms with Crippen molar-refractivity contribution in [2.24, 2.45) is 0 Å². The minimum Gasteiger partial charge on any atom is -0.361 e. The summed E-state index contributed by atoms with van der Waals surface area (Å²) in [5.41, 5.74) is 5.25. The molecule has 19 heavy (non-hydrogen) atoms. The van der Waals surface area contributed by atoms with Gasteiger partial charge in [0.15, 0.2) is 0 Å². The number of benzene rings is 2. The first-order chi connectivity index (χ1) is 9.36. The zero-order valence-electron chi connectivity index (χ0n) is 11.1. The molecular weight excluding hydrogens is 232 g/mol. The van der Waals surface area contributed by atoms with Gasteiger partial charge in [-0.05, 0) is 36.2 Å². The van der Waals surface area contributed by atoms with Crippen LogP contribution in [0.3, 0.4) is 0 Å². The maximum absolute atomic E-state index is 3.33. The zero-order valence-corrected chi connectivity index (χ0v) is 11.1. The van der Waals surface area contributed by atoms with E-state index in [-0.39, 0.29) is 0 Å². The second kappa shape index (κ2) is 5.29. The molecule has 2 nitrogen and oxygen atoms in total. The van der Waals surface area contributed by atoms with Crippen molar-refractivity contribution < 1.29 is 0 Å². The van der Waals surface area contributed by atoms with E-state index in [4.69, 9.17) is 0 Å². The highest BCUT2D eigenvalue weighted by molar-refractivity contribution is 5.83. The van der Waals surface area contributed by atoms with Crippen LogP contribution < -0.4 is 5.32 Å². The van der Waals surface area contributed by atoms with E-state index in [0.717, 1.165) is 13.0 Å². The molecule has 0 fully saturated rings. The molecule has 0 aliphatic heterocycles. The van der Waals surface area contributed by atoms with E-state index >= 15 is 0 Å². The fourth-order valence-electron chi connectivity index (χ4n) is 2.48. The van der Waals surface area contributed by atoms with Crippen LogP contribution >= 0.6 is 0 Å². The molecule has 0 radical (unpaired) electrons. The Morgan fingerprint density at radius 3 is 2.47 bits per heavy atom. The normalized spacial score (nSPS) is 11.0. The van der Waals surface area contributed by atoms with E-state index in [1.54, 1.807) is 0 Å². The van der Waals surface area contributed by atoms with Gasteiger partial charge in [0, 0.05) is 23.6 Å². The highest BCUT2D eigenvalue weighted by Crippen LogP contribution is 2.20. The van der Waals surface area contributed by atoms with Gasteiger partial charge in [-0.1, -0.05) is 42.5 Å². The second-order valence-corrected chi connectivity index (χ2v) is 4.88. The molecule has 3 rings (SSSR count). The molecular formula is C17H18N2. The fourth-order valence-corrected chi connectivity index (χ4v) is 2.48. The summed E-state index contributed by atoms with van der Waals surface area (Å²) < 4.78 is 0. The number of rotatable bonds is 4. The minimum absolute atomic E-state index is 0.924. The topological polar surface area (TPSA) is 27.8 Å². The Bertz CT molecular complexity index is 665. The van der Waals surface area contributed by atoms with Gasteiger partial charge in [-0.3, -0.25) is 0 Å². The molecule has 3 aromatic rings. The lowest BCUT2D eigenvalue weighted by atomic mass is 10.0. The Morgan fingerprint density at radius 1 is 0.947 bits per heavy atom. The van der Waals surface area contributed by atoms with Gasteiger partial charge in [-0.2, -0.15) is 0 Å². The quantitative estimate of drug-likeness (QED) is 0.729. The van der Waals surface area contributed by atoms with Crippen LogP contribution in [0.1, 0.15) is 16.7 Å². The molecule has 1 aromatic heterocycles. The summed E-state index contributed by atoms with van der Waals surface area (Å²) >= 11 is 0. The van der Waals surface area contributed by atoms with Gasteiger partial charge in [0.1, 0.15) is 0 Å². The monoisotopic (exact) mass is 250 g/mol. The molecule has 0 aliphatic carbocycles. The molecule has 0 bridgehead atoms. The molecule has 2 aromatic carbocycles. The molecule has 1 heterocycles. The minimum atomic E-state index is 0.924. The number of aromatic amines is 1. The molecule has 0 spiro atoms. The first-order valence-electron chi connectivity index (χ1n) is 6.64. The Hall–Kier alpha value is -2.06. The lowest BCUT2D eigenvalue weighted by Gasteiger charge is -2.03. The first-order valence-corrected chi connectivity index (χ1v) is 6.64. The van der Waals surface area contributed by atoms with Crippen molar-refractivity contribution in [1.82, 2.24) is 10.3 Å². The molecule has 2 N–H and O–H groups in total. The van der Waals surface area contributed by atoms with E-state index in [1.165, 1.54) is 27.6 Å². The van der Waals surface area contributed by atoms with Crippen LogP contribution in [-0.2, 0) is 13.0 Å². The average molecular weight is 250 g/mol. The van der Waals surface area contributed by atoms with Crippen LogP contribution in [0.25, 0.3) is 10.9 Å². The molecule has 0 saturated heterocycles. The van der Waals surface area contributed by atoms with Crippen LogP contribution in [-0.4, -0.2) is 12.0 Å². The van der Waals surface area contributed by atoms with E-state index < -0.39 is 0 Å². The van der Waals surface area contributed by atoms with E-state index in [2.05, 4.69) is 65.0 Å². The van der Waals surface area contributed by atoms with Crippen molar-refractivity contribution in [3.63, 3.8) is 0 Å². The molecule has 0 amide bonds. The first kappa shape index (κ1) is 12.0. The number of H-pyrrole nitrogens is 1. The van der Waals surface area contributed by atoms with Crippen LogP contribution in [0.15, 0.2) is 54.7 Å². The Morgan fingerprint density at radius 2 is 1.68 bits per heavy atom. The van der Waals surface area contributed by atoms with E-state index in [9.17, 15) is 0 Å². The fraction of sp³-hybridized carbons (Fsp3) is 0.176. The van der Waals surface area contributed by atoms with E-state index in [0.29, 0.717) is 0 Å². The molecule has 0 unspecified atom stereocenters. The second-order valence-electron chi connectivity index (χ2n) is 4.88. The lowest BCUT2D eigenvalue weighted by Crippen LogP contribution is -2.04. The number of hydrogen-bond donors (Lipinski definition) is 2. The van der Waals surface area contributed by atoms with Crippen LogP contribution in [0.2, 0.25) is 0 Å². The van der Waals surface area contributed by atoms with Crippen molar-refractivity contribution in [2.45, 2.75) is 13.0 Å². The number of hydrogen-bond acceptors (Lipinski definition) is 1. The van der Waals surface area contributed by atoms with Gasteiger partial charge >= 0.3 is 0 Å². The number of para-hydroxylation sites is 1. The van der Waals surface area contributed by atoms with Gasteiger partial charge < -0.3 is 10.3 Å². The summed E-state index contributed by atoms with van der Waals surface area (Å²) in [7, 11) is 1.97. The smallest absolute Gasteiger partial charge is 0.0456 e. The average Bonchev–Trinajstić information content (AvgIpc) is 2.85. The van der Waals surface area contributed by atoms with Crippen LogP contribution in [0, 0.1) is 0 Å². The van der Waals surface area contributed by atoms with Crippen molar-refractivity contribution >= 4 is 10.9 Å². The summed E-state index contributed by atoms with van der Waals surface area (Å²) in [6, 6.07) is 17.3. The summed E-state index contributed by atoms with van der Waals surface area (Å²) in [5, 5.41) is 4.49. The molecule has 2 heteroatoms. The highest BCUT2D eigenvalue weighted by Gasteiger charge is 2.03. The number of nitrogens with one attached hydrogen (secondary N) is 2. The maximum Gasteiger partial charge on any atom is 0.0456 e. The maximum atomic E-state index is 3.33. The van der Waals surface area contributed by atoms with Crippen molar-refractivity contribution in [1.29, 1.82) is 0 Å². The standard InChI is InChI=1S/C17H18N2/c1-18-11-14-8-6-13(7-9-14)10-15-12-19-17-5-3-2-4-16(15)17/h2-9,12,18-19H,10-11H2,1H3. The van der Waals surface area contributed by atoms with Crippen LogP contribution in [0.5, 0.6) is 0 Å². The summed E-state index contributed by atoms with van der Waals surface area (Å²) in [6.07, 6.45) is 3.09. The molecule has 0 saturated carbocycles. The largest absolute Gasteiger partial charge is 0.361 e. The third-order valence-corrected chi connectivity index (χ3v) is 3.47. The highest BCUT2D eigenvalue weighted by atomic mass is 14.8. The third-order valence-electron chi connectivity index (χ3n) is 3.47. The van der Waals surface area contributed by atoms with Gasteiger partial charge in [0.05, 0.1) is 0 Å². The number of fused-ring (bicyclic) bond motifs is 1. The number of aromatic nitrogens is 1. The Kier molecular flexibility index (Phi) is 3.34. The molecule has 96 valence electrons. The lowest BCUT2D eigenvalue weighted by molar-refractivity contribution is 0.817. The van der Waals surface area contributed by atoms with Crippen LogP contribution in [0.4, 0.5) is 0 Å². The van der Waals surface area contributed by atoms with Gasteiger partial charge in [-0.25, -0.2) is 0 Å². The van der Waals surface area contributed by atoms with Crippen molar-refractivity contribution in [2.75, 3.05) is 7.05 Å². The van der Waals surface area contributed by atoms with Crippen molar-refractivity contribution in [3.8, 4) is 0 Å². The Labute approximate surface area is 113 Å². The van der Waals surface area contributed by atoms with Gasteiger partial charge in [0.25, 0.3) is 0 Å². The van der Waals surface area contributed by atoms with E-state index in [1.807, 2.05) is 7.05 Å². The summed E-state index contributed by atoms with van der Waals surface area (Å²) in [5.74, 6) is 0. The Balaban J connectivity index is 1.84. The van der Waals surface area contributed by atoms with Gasteiger partial charge in [-0.15, -0.1) is 0 Å².